The van der Waals surface area contributed by atoms with E-state index in [9.17, 15) is 9.59 Å². The molecule has 102 valence electrons. The van der Waals surface area contributed by atoms with Gasteiger partial charge in [0.2, 0.25) is 5.91 Å². The summed E-state index contributed by atoms with van der Waals surface area (Å²) >= 11 is 0. The van der Waals surface area contributed by atoms with Crippen LogP contribution in [0.4, 0.5) is 0 Å². The number of rotatable bonds is 2. The van der Waals surface area contributed by atoms with Crippen molar-refractivity contribution in [2.75, 3.05) is 13.1 Å². The van der Waals surface area contributed by atoms with Crippen LogP contribution in [0.1, 0.15) is 46.0 Å². The van der Waals surface area contributed by atoms with E-state index in [-0.39, 0.29) is 23.2 Å². The van der Waals surface area contributed by atoms with Crippen molar-refractivity contribution >= 4 is 11.9 Å². The van der Waals surface area contributed by atoms with Gasteiger partial charge >= 0.3 is 5.97 Å². The predicted molar refractivity (Wildman–Crippen MR) is 68.1 cm³/mol. The highest BCUT2D eigenvalue weighted by molar-refractivity contribution is 5.81. The molecule has 2 aliphatic rings. The molecule has 4 heteroatoms. The molecule has 0 aromatic rings. The van der Waals surface area contributed by atoms with Crippen LogP contribution in [0.2, 0.25) is 0 Å². The van der Waals surface area contributed by atoms with Gasteiger partial charge in [0, 0.05) is 19.0 Å². The van der Waals surface area contributed by atoms with E-state index >= 15 is 0 Å². The van der Waals surface area contributed by atoms with E-state index in [1.165, 1.54) is 6.42 Å². The molecule has 4 nitrogen and oxygen atoms in total. The lowest BCUT2D eigenvalue weighted by atomic mass is 9.83. The standard InChI is InChI=1S/C14H23NO3/c1-14(2)6-3-7-15(9-14)12(16)10-4-5-11(8-10)13(17)18/h10-11H,3-9H2,1-2H3,(H,17,18)/t10-,11+/m1/s1. The van der Waals surface area contributed by atoms with Gasteiger partial charge in [-0.2, -0.15) is 0 Å². The second-order valence-electron chi connectivity index (χ2n) is 6.57. The first kappa shape index (κ1) is 13.4. The highest BCUT2D eigenvalue weighted by atomic mass is 16.4. The van der Waals surface area contributed by atoms with Gasteiger partial charge in [-0.3, -0.25) is 9.59 Å². The van der Waals surface area contributed by atoms with Crippen LogP contribution in [0, 0.1) is 17.3 Å². The second-order valence-corrected chi connectivity index (χ2v) is 6.57. The summed E-state index contributed by atoms with van der Waals surface area (Å²) in [4.78, 5) is 25.3. The normalized spacial score (nSPS) is 31.3. The van der Waals surface area contributed by atoms with Crippen LogP contribution in [-0.4, -0.2) is 35.0 Å². The molecule has 1 heterocycles. The largest absolute Gasteiger partial charge is 0.481 e. The average Bonchev–Trinajstić information content (AvgIpc) is 2.76. The van der Waals surface area contributed by atoms with Crippen molar-refractivity contribution in [3.05, 3.63) is 0 Å². The summed E-state index contributed by atoms with van der Waals surface area (Å²) < 4.78 is 0. The molecular weight excluding hydrogens is 230 g/mol. The van der Waals surface area contributed by atoms with Gasteiger partial charge in [-0.25, -0.2) is 0 Å². The minimum atomic E-state index is -0.746. The van der Waals surface area contributed by atoms with Crippen LogP contribution in [0.5, 0.6) is 0 Å². The molecular formula is C14H23NO3. The summed E-state index contributed by atoms with van der Waals surface area (Å²) in [7, 11) is 0. The SMILES string of the molecule is CC1(C)CCCN(C(=O)[C@@H]2CC[C@H](C(=O)O)C2)C1. The molecule has 1 amide bonds. The monoisotopic (exact) mass is 253 g/mol. The Morgan fingerprint density at radius 1 is 1.22 bits per heavy atom. The fourth-order valence-corrected chi connectivity index (χ4v) is 3.30. The lowest BCUT2D eigenvalue weighted by Gasteiger charge is -2.39. The van der Waals surface area contributed by atoms with Gasteiger partial charge in [0.25, 0.3) is 0 Å². The van der Waals surface area contributed by atoms with E-state index in [2.05, 4.69) is 13.8 Å². The van der Waals surface area contributed by atoms with Crippen molar-refractivity contribution in [2.45, 2.75) is 46.0 Å². The molecule has 0 unspecified atom stereocenters. The molecule has 18 heavy (non-hydrogen) atoms. The number of likely N-dealkylation sites (tertiary alicyclic amines) is 1. The zero-order valence-corrected chi connectivity index (χ0v) is 11.3. The quantitative estimate of drug-likeness (QED) is 0.820. The van der Waals surface area contributed by atoms with Gasteiger partial charge in [-0.05, 0) is 37.5 Å². The van der Waals surface area contributed by atoms with Crippen LogP contribution < -0.4 is 0 Å². The molecule has 0 aromatic heterocycles. The lowest BCUT2D eigenvalue weighted by molar-refractivity contribution is -0.142. The highest BCUT2D eigenvalue weighted by Gasteiger charge is 2.38. The van der Waals surface area contributed by atoms with E-state index in [0.29, 0.717) is 12.8 Å². The molecule has 2 rings (SSSR count). The Morgan fingerprint density at radius 3 is 2.44 bits per heavy atom. The minimum absolute atomic E-state index is 0.0556. The predicted octanol–water partition coefficient (Wildman–Crippen LogP) is 2.14. The average molecular weight is 253 g/mol. The lowest BCUT2D eigenvalue weighted by Crippen LogP contribution is -2.45. The maximum Gasteiger partial charge on any atom is 0.306 e. The Bertz CT molecular complexity index is 351. The number of hydrogen-bond donors (Lipinski definition) is 1. The summed E-state index contributed by atoms with van der Waals surface area (Å²) in [5.74, 6) is -0.924. The number of carboxylic acids is 1. The molecule has 2 atom stereocenters. The second kappa shape index (κ2) is 4.90. The van der Waals surface area contributed by atoms with Crippen LogP contribution in [0.3, 0.4) is 0 Å². The summed E-state index contributed by atoms with van der Waals surface area (Å²) in [6.45, 7) is 6.05. The zero-order valence-electron chi connectivity index (χ0n) is 11.3. The topological polar surface area (TPSA) is 57.6 Å². The van der Waals surface area contributed by atoms with Crippen LogP contribution in [0.25, 0.3) is 0 Å². The van der Waals surface area contributed by atoms with Crippen LogP contribution >= 0.6 is 0 Å². The number of hydrogen-bond acceptors (Lipinski definition) is 2. The van der Waals surface area contributed by atoms with Crippen molar-refractivity contribution < 1.29 is 14.7 Å². The Kier molecular flexibility index (Phi) is 3.64. The van der Waals surface area contributed by atoms with Crippen molar-refractivity contribution in [3.63, 3.8) is 0 Å². The first-order valence-corrected chi connectivity index (χ1v) is 6.91. The number of amides is 1. The third-order valence-electron chi connectivity index (χ3n) is 4.34. The summed E-state index contributed by atoms with van der Waals surface area (Å²) in [6.07, 6.45) is 4.16. The van der Waals surface area contributed by atoms with Crippen molar-refractivity contribution in [2.24, 2.45) is 17.3 Å². The first-order chi connectivity index (χ1) is 8.39. The molecule has 0 bridgehead atoms. The number of piperidine rings is 1. The van der Waals surface area contributed by atoms with Gasteiger partial charge in [-0.15, -0.1) is 0 Å². The smallest absolute Gasteiger partial charge is 0.306 e. The maximum absolute atomic E-state index is 12.4. The van der Waals surface area contributed by atoms with Gasteiger partial charge in [0.15, 0.2) is 0 Å². The molecule has 1 aliphatic carbocycles. The molecule has 1 saturated heterocycles. The van der Waals surface area contributed by atoms with E-state index in [1.807, 2.05) is 4.90 Å². The van der Waals surface area contributed by atoms with Crippen LogP contribution in [-0.2, 0) is 9.59 Å². The van der Waals surface area contributed by atoms with Crippen molar-refractivity contribution in [1.82, 2.24) is 4.90 Å². The molecule has 0 aromatic carbocycles. The van der Waals surface area contributed by atoms with Gasteiger partial charge in [0.05, 0.1) is 5.92 Å². The third-order valence-corrected chi connectivity index (χ3v) is 4.34. The molecule has 1 N–H and O–H groups in total. The zero-order chi connectivity index (χ0) is 13.3. The number of aliphatic carboxylic acids is 1. The van der Waals surface area contributed by atoms with E-state index in [1.54, 1.807) is 0 Å². The summed E-state index contributed by atoms with van der Waals surface area (Å²) in [5.41, 5.74) is 0.207. The molecule has 0 spiro atoms. The molecule has 1 saturated carbocycles. The first-order valence-electron chi connectivity index (χ1n) is 6.91. The van der Waals surface area contributed by atoms with Crippen molar-refractivity contribution in [1.29, 1.82) is 0 Å². The maximum atomic E-state index is 12.4. The Balaban J connectivity index is 1.94. The van der Waals surface area contributed by atoms with Crippen molar-refractivity contribution in [3.8, 4) is 0 Å². The molecule has 1 aliphatic heterocycles. The summed E-state index contributed by atoms with van der Waals surface area (Å²) in [6, 6.07) is 0. The van der Waals surface area contributed by atoms with E-state index in [4.69, 9.17) is 5.11 Å². The fourth-order valence-electron chi connectivity index (χ4n) is 3.30. The van der Waals surface area contributed by atoms with Crippen LogP contribution in [0.15, 0.2) is 0 Å². The molecule has 0 radical (unpaired) electrons. The number of nitrogens with zero attached hydrogens (tertiary/aromatic N) is 1. The third kappa shape index (κ3) is 2.85. The van der Waals surface area contributed by atoms with Gasteiger partial charge < -0.3 is 10.0 Å². The van der Waals surface area contributed by atoms with Gasteiger partial charge in [-0.1, -0.05) is 13.8 Å². The minimum Gasteiger partial charge on any atom is -0.481 e. The summed E-state index contributed by atoms with van der Waals surface area (Å²) in [5, 5.41) is 8.98. The Morgan fingerprint density at radius 2 is 1.89 bits per heavy atom. The Hall–Kier alpha value is -1.06. The van der Waals surface area contributed by atoms with Gasteiger partial charge in [0.1, 0.15) is 0 Å². The highest BCUT2D eigenvalue weighted by Crippen LogP contribution is 2.35. The number of carboxylic acid groups (broad SMARTS) is 1. The van der Waals surface area contributed by atoms with E-state index < -0.39 is 5.97 Å². The Labute approximate surface area is 108 Å². The fraction of sp³-hybridized carbons (Fsp3) is 0.857. The van der Waals surface area contributed by atoms with E-state index in [0.717, 1.165) is 25.9 Å². The number of carbonyl (C=O) groups excluding carboxylic acids is 1. The number of carbonyl (C=O) groups is 2. The molecule has 2 fully saturated rings.